The second-order valence-electron chi connectivity index (χ2n) is 3.51. The van der Waals surface area contributed by atoms with Gasteiger partial charge in [0.15, 0.2) is 0 Å². The second kappa shape index (κ2) is 4.20. The molecule has 0 fully saturated rings. The first-order valence-electron chi connectivity index (χ1n) is 3.86. The van der Waals surface area contributed by atoms with Gasteiger partial charge >= 0.3 is 5.91 Å². The van der Waals surface area contributed by atoms with E-state index in [9.17, 15) is 4.79 Å². The van der Waals surface area contributed by atoms with E-state index in [4.69, 9.17) is 16.4 Å². The fourth-order valence-electron chi connectivity index (χ4n) is 0.540. The number of hydrogen-bond acceptors (Lipinski definition) is 5. The molecule has 1 aromatic heterocycles. The summed E-state index contributed by atoms with van der Waals surface area (Å²) in [5.74, 6) is -0.440. The van der Waals surface area contributed by atoms with E-state index in [-0.39, 0.29) is 9.47 Å². The summed E-state index contributed by atoms with van der Waals surface area (Å²) < 4.78 is 0.228. The number of carbonyl (C=O) groups is 1. The molecule has 0 bridgehead atoms. The predicted octanol–water partition coefficient (Wildman–Crippen LogP) is 1.65. The Hall–Kier alpha value is -0.720. The minimum atomic E-state index is -0.440. The first-order valence-corrected chi connectivity index (χ1v) is 5.05. The highest BCUT2D eigenvalue weighted by molar-refractivity contribution is 7.17. The van der Waals surface area contributed by atoms with Crippen LogP contribution in [0.1, 0.15) is 30.6 Å². The summed E-state index contributed by atoms with van der Waals surface area (Å²) in [6, 6.07) is 0. The van der Waals surface area contributed by atoms with Gasteiger partial charge in [0.2, 0.25) is 9.47 Å². The van der Waals surface area contributed by atoms with E-state index in [0.29, 0.717) is 0 Å². The van der Waals surface area contributed by atoms with Crippen LogP contribution in [-0.4, -0.2) is 21.7 Å². The minimum absolute atomic E-state index is 0.180. The number of nitrogens with one attached hydrogen (secondary N) is 1. The zero-order valence-corrected chi connectivity index (χ0v) is 9.57. The highest BCUT2D eigenvalue weighted by Gasteiger charge is 2.16. The average Bonchev–Trinajstić information content (AvgIpc) is 2.46. The summed E-state index contributed by atoms with van der Waals surface area (Å²) in [6.45, 7) is 5.46. The fraction of sp³-hybridized carbons (Fsp3) is 0.571. The van der Waals surface area contributed by atoms with Gasteiger partial charge in [-0.3, -0.25) is 9.63 Å². The number of rotatable bonds is 2. The second-order valence-corrected chi connectivity index (χ2v) is 5.07. The van der Waals surface area contributed by atoms with Crippen molar-refractivity contribution in [3.05, 3.63) is 9.47 Å². The van der Waals surface area contributed by atoms with Gasteiger partial charge < -0.3 is 0 Å². The zero-order chi connectivity index (χ0) is 10.8. The molecule has 5 nitrogen and oxygen atoms in total. The molecule has 0 unspecified atom stereocenters. The van der Waals surface area contributed by atoms with Crippen molar-refractivity contribution in [3.8, 4) is 0 Å². The van der Waals surface area contributed by atoms with Crippen LogP contribution in [0, 0.1) is 0 Å². The summed E-state index contributed by atoms with van der Waals surface area (Å²) in [6.07, 6.45) is 0. The van der Waals surface area contributed by atoms with Gasteiger partial charge in [-0.05, 0) is 32.4 Å². The van der Waals surface area contributed by atoms with E-state index in [1.165, 1.54) is 0 Å². The van der Waals surface area contributed by atoms with Crippen molar-refractivity contribution < 1.29 is 9.63 Å². The Labute approximate surface area is 90.4 Å². The van der Waals surface area contributed by atoms with Crippen LogP contribution >= 0.6 is 22.9 Å². The maximum atomic E-state index is 11.3. The predicted molar refractivity (Wildman–Crippen MR) is 53.2 cm³/mol. The molecule has 0 aromatic carbocycles. The molecule has 1 aromatic rings. The molecule has 0 radical (unpaired) electrons. The summed E-state index contributed by atoms with van der Waals surface area (Å²) in [5, 5.41) is 7.24. The smallest absolute Gasteiger partial charge is 0.268 e. The number of halogens is 1. The third-order valence-corrected chi connectivity index (χ3v) is 2.06. The van der Waals surface area contributed by atoms with Crippen molar-refractivity contribution in [2.24, 2.45) is 0 Å². The Bertz CT molecular complexity index is 334. The summed E-state index contributed by atoms with van der Waals surface area (Å²) in [4.78, 5) is 16.4. The molecule has 0 aliphatic heterocycles. The third-order valence-electron chi connectivity index (χ3n) is 1.04. The molecule has 14 heavy (non-hydrogen) atoms. The van der Waals surface area contributed by atoms with Crippen molar-refractivity contribution in [1.29, 1.82) is 0 Å². The standard InChI is InChI=1S/C7H10ClN3O2S/c1-7(2,3)13-11-4(12)5-9-10-6(8)14-5/h1-3H3,(H,11,12). The number of aromatic nitrogens is 2. The van der Waals surface area contributed by atoms with E-state index in [1.54, 1.807) is 0 Å². The Morgan fingerprint density at radius 1 is 1.50 bits per heavy atom. The van der Waals surface area contributed by atoms with Gasteiger partial charge in [0, 0.05) is 0 Å². The van der Waals surface area contributed by atoms with E-state index in [1.807, 2.05) is 20.8 Å². The van der Waals surface area contributed by atoms with Crippen LogP contribution in [0.15, 0.2) is 0 Å². The summed E-state index contributed by atoms with van der Waals surface area (Å²) in [5.41, 5.74) is 1.82. The Balaban J connectivity index is 2.52. The van der Waals surface area contributed by atoms with E-state index >= 15 is 0 Å². The van der Waals surface area contributed by atoms with Gasteiger partial charge in [-0.1, -0.05) is 11.3 Å². The SMILES string of the molecule is CC(C)(C)ONC(=O)c1nnc(Cl)s1. The minimum Gasteiger partial charge on any atom is -0.268 e. The molecule has 0 aliphatic carbocycles. The van der Waals surface area contributed by atoms with Crippen molar-refractivity contribution in [2.75, 3.05) is 0 Å². The average molecular weight is 236 g/mol. The number of nitrogens with zero attached hydrogens (tertiary/aromatic N) is 2. The lowest BCUT2D eigenvalue weighted by Gasteiger charge is -2.18. The highest BCUT2D eigenvalue weighted by atomic mass is 35.5. The largest absolute Gasteiger partial charge is 0.305 e. The first kappa shape index (κ1) is 11.4. The topological polar surface area (TPSA) is 64.1 Å². The number of amides is 1. The van der Waals surface area contributed by atoms with Crippen LogP contribution in [0.5, 0.6) is 0 Å². The normalized spacial score (nSPS) is 11.4. The number of hydrogen-bond donors (Lipinski definition) is 1. The molecule has 0 spiro atoms. The first-order chi connectivity index (χ1) is 6.38. The Morgan fingerprint density at radius 2 is 2.14 bits per heavy atom. The molecule has 0 saturated heterocycles. The summed E-state index contributed by atoms with van der Waals surface area (Å²) >= 11 is 6.52. The highest BCUT2D eigenvalue weighted by Crippen LogP contribution is 2.14. The van der Waals surface area contributed by atoms with Crippen LogP contribution in [0.3, 0.4) is 0 Å². The van der Waals surface area contributed by atoms with Gasteiger partial charge in [-0.25, -0.2) is 5.48 Å². The van der Waals surface area contributed by atoms with Crippen LogP contribution < -0.4 is 5.48 Å². The fourth-order valence-corrected chi connectivity index (χ4v) is 1.25. The molecule has 0 saturated carbocycles. The van der Waals surface area contributed by atoms with E-state index < -0.39 is 11.5 Å². The Morgan fingerprint density at radius 3 is 2.57 bits per heavy atom. The summed E-state index contributed by atoms with van der Waals surface area (Å²) in [7, 11) is 0. The van der Waals surface area contributed by atoms with Gasteiger partial charge in [0.25, 0.3) is 0 Å². The molecule has 78 valence electrons. The van der Waals surface area contributed by atoms with Gasteiger partial charge in [0.1, 0.15) is 0 Å². The van der Waals surface area contributed by atoms with Crippen molar-refractivity contribution in [1.82, 2.24) is 15.7 Å². The lowest BCUT2D eigenvalue weighted by molar-refractivity contribution is -0.0590. The lowest BCUT2D eigenvalue weighted by Crippen LogP contribution is -2.33. The van der Waals surface area contributed by atoms with Crippen LogP contribution in [0.2, 0.25) is 4.47 Å². The van der Waals surface area contributed by atoms with Gasteiger partial charge in [-0.2, -0.15) is 0 Å². The molecule has 1 heterocycles. The monoisotopic (exact) mass is 235 g/mol. The molecule has 7 heteroatoms. The van der Waals surface area contributed by atoms with Crippen molar-refractivity contribution >= 4 is 28.8 Å². The molecule has 1 amide bonds. The van der Waals surface area contributed by atoms with Crippen LogP contribution in [-0.2, 0) is 4.84 Å². The van der Waals surface area contributed by atoms with E-state index in [2.05, 4.69) is 15.7 Å². The molecular weight excluding hydrogens is 226 g/mol. The maximum absolute atomic E-state index is 11.3. The van der Waals surface area contributed by atoms with Crippen molar-refractivity contribution in [2.45, 2.75) is 26.4 Å². The molecule has 1 rings (SSSR count). The molecule has 0 aliphatic rings. The third kappa shape index (κ3) is 3.57. The quantitative estimate of drug-likeness (QED) is 0.792. The number of carbonyl (C=O) groups excluding carboxylic acids is 1. The zero-order valence-electron chi connectivity index (χ0n) is 8.00. The molecule has 0 atom stereocenters. The van der Waals surface area contributed by atoms with Crippen molar-refractivity contribution in [3.63, 3.8) is 0 Å². The van der Waals surface area contributed by atoms with Gasteiger partial charge in [-0.15, -0.1) is 10.2 Å². The van der Waals surface area contributed by atoms with Crippen LogP contribution in [0.4, 0.5) is 0 Å². The lowest BCUT2D eigenvalue weighted by atomic mass is 10.2. The molecule has 1 N–H and O–H groups in total. The number of hydroxylamine groups is 1. The van der Waals surface area contributed by atoms with Gasteiger partial charge in [0.05, 0.1) is 5.60 Å². The Kier molecular flexibility index (Phi) is 3.41. The maximum Gasteiger partial charge on any atom is 0.305 e. The van der Waals surface area contributed by atoms with E-state index in [0.717, 1.165) is 11.3 Å². The van der Waals surface area contributed by atoms with Crippen LogP contribution in [0.25, 0.3) is 0 Å². The molecular formula is C7H10ClN3O2S.